The van der Waals surface area contributed by atoms with E-state index in [9.17, 15) is 9.59 Å². The quantitative estimate of drug-likeness (QED) is 0.866. The zero-order chi connectivity index (χ0) is 12.4. The molecule has 0 aliphatic heterocycles. The third-order valence-electron chi connectivity index (χ3n) is 2.26. The third-order valence-corrected chi connectivity index (χ3v) is 2.75. The van der Waals surface area contributed by atoms with Gasteiger partial charge in [-0.05, 0) is 24.3 Å². The maximum atomic E-state index is 11.7. The van der Waals surface area contributed by atoms with Crippen LogP contribution in [0, 0.1) is 0 Å². The molecule has 1 heterocycles. The van der Waals surface area contributed by atoms with E-state index >= 15 is 0 Å². The zero-order valence-corrected chi connectivity index (χ0v) is 10.2. The zero-order valence-electron chi connectivity index (χ0n) is 8.63. The van der Waals surface area contributed by atoms with Crippen LogP contribution in [0.15, 0.2) is 47.1 Å². The SMILES string of the molecule is O=C(O)/C=C/C(=O)n1ccc2cc(Br)ccc21. The van der Waals surface area contributed by atoms with Crippen molar-refractivity contribution in [2.24, 2.45) is 0 Å². The molecule has 5 heteroatoms. The first-order valence-electron chi connectivity index (χ1n) is 4.80. The summed E-state index contributed by atoms with van der Waals surface area (Å²) < 4.78 is 2.33. The molecule has 0 aliphatic carbocycles. The largest absolute Gasteiger partial charge is 0.478 e. The van der Waals surface area contributed by atoms with Crippen LogP contribution in [-0.2, 0) is 4.79 Å². The minimum absolute atomic E-state index is 0.385. The number of fused-ring (bicyclic) bond motifs is 1. The highest BCUT2D eigenvalue weighted by molar-refractivity contribution is 9.10. The van der Waals surface area contributed by atoms with Gasteiger partial charge in [-0.15, -0.1) is 0 Å². The number of carboxylic acid groups (broad SMARTS) is 1. The molecular weight excluding hydrogens is 286 g/mol. The number of nitrogens with zero attached hydrogens (tertiary/aromatic N) is 1. The van der Waals surface area contributed by atoms with Gasteiger partial charge in [0.15, 0.2) is 0 Å². The lowest BCUT2D eigenvalue weighted by molar-refractivity contribution is -0.131. The molecule has 0 saturated carbocycles. The molecule has 0 spiro atoms. The summed E-state index contributed by atoms with van der Waals surface area (Å²) in [6.45, 7) is 0. The maximum absolute atomic E-state index is 11.7. The lowest BCUT2D eigenvalue weighted by Gasteiger charge is -1.99. The molecule has 2 rings (SSSR count). The van der Waals surface area contributed by atoms with Crippen LogP contribution in [0.3, 0.4) is 0 Å². The summed E-state index contributed by atoms with van der Waals surface area (Å²) in [5.41, 5.74) is 0.744. The molecule has 1 aromatic heterocycles. The lowest BCUT2D eigenvalue weighted by atomic mass is 10.2. The van der Waals surface area contributed by atoms with E-state index in [2.05, 4.69) is 15.9 Å². The predicted molar refractivity (Wildman–Crippen MR) is 67.0 cm³/mol. The third kappa shape index (κ3) is 2.45. The van der Waals surface area contributed by atoms with Crippen LogP contribution in [0.5, 0.6) is 0 Å². The molecule has 0 aliphatic rings. The van der Waals surface area contributed by atoms with Crippen molar-refractivity contribution in [3.63, 3.8) is 0 Å². The number of benzene rings is 1. The predicted octanol–water partition coefficient (Wildman–Crippen LogP) is 2.68. The first kappa shape index (κ1) is 11.6. The van der Waals surface area contributed by atoms with Crippen molar-refractivity contribution in [1.82, 2.24) is 4.57 Å². The number of hydrogen-bond donors (Lipinski definition) is 1. The number of aliphatic carboxylic acids is 1. The van der Waals surface area contributed by atoms with Crippen LogP contribution in [0.1, 0.15) is 4.79 Å². The van der Waals surface area contributed by atoms with Gasteiger partial charge < -0.3 is 5.11 Å². The van der Waals surface area contributed by atoms with Gasteiger partial charge in [-0.25, -0.2) is 4.79 Å². The molecule has 0 bridgehead atoms. The summed E-state index contributed by atoms with van der Waals surface area (Å²) in [7, 11) is 0. The smallest absolute Gasteiger partial charge is 0.328 e. The van der Waals surface area contributed by atoms with E-state index < -0.39 is 5.97 Å². The van der Waals surface area contributed by atoms with E-state index in [0.29, 0.717) is 0 Å². The van der Waals surface area contributed by atoms with Crippen LogP contribution in [0.4, 0.5) is 0 Å². The fourth-order valence-corrected chi connectivity index (χ4v) is 1.91. The first-order chi connectivity index (χ1) is 8.08. The Hall–Kier alpha value is -1.88. The van der Waals surface area contributed by atoms with Crippen LogP contribution in [0.2, 0.25) is 0 Å². The number of hydrogen-bond acceptors (Lipinski definition) is 2. The summed E-state index contributed by atoms with van der Waals surface area (Å²) >= 11 is 3.34. The Bertz CT molecular complexity index is 628. The van der Waals surface area contributed by atoms with Gasteiger partial charge in [0.05, 0.1) is 5.52 Å². The Morgan fingerprint density at radius 3 is 2.71 bits per heavy atom. The molecule has 0 saturated heterocycles. The van der Waals surface area contributed by atoms with Gasteiger partial charge in [0, 0.05) is 28.2 Å². The van der Waals surface area contributed by atoms with Crippen molar-refractivity contribution in [2.75, 3.05) is 0 Å². The standard InChI is InChI=1S/C12H8BrNO3/c13-9-1-2-10-8(7-9)5-6-14(10)11(15)3-4-12(16)17/h1-7H,(H,16,17)/b4-3+. The van der Waals surface area contributed by atoms with Crippen LogP contribution in [0.25, 0.3) is 10.9 Å². The van der Waals surface area contributed by atoms with E-state index in [0.717, 1.165) is 27.5 Å². The molecule has 17 heavy (non-hydrogen) atoms. The van der Waals surface area contributed by atoms with Gasteiger partial charge >= 0.3 is 5.97 Å². The van der Waals surface area contributed by atoms with Crippen molar-refractivity contribution in [1.29, 1.82) is 0 Å². The minimum atomic E-state index is -1.14. The molecule has 0 amide bonds. The van der Waals surface area contributed by atoms with E-state index in [-0.39, 0.29) is 5.91 Å². The second-order valence-electron chi connectivity index (χ2n) is 3.40. The Balaban J connectivity index is 2.43. The molecule has 1 aromatic carbocycles. The summed E-state index contributed by atoms with van der Waals surface area (Å²) in [6, 6.07) is 7.31. The molecule has 0 atom stereocenters. The number of rotatable bonds is 2. The van der Waals surface area contributed by atoms with Crippen LogP contribution < -0.4 is 0 Å². The van der Waals surface area contributed by atoms with E-state index in [1.54, 1.807) is 18.3 Å². The monoisotopic (exact) mass is 293 g/mol. The fourth-order valence-electron chi connectivity index (χ4n) is 1.53. The fraction of sp³-hybridized carbons (Fsp3) is 0. The van der Waals surface area contributed by atoms with Crippen LogP contribution in [-0.4, -0.2) is 21.6 Å². The summed E-state index contributed by atoms with van der Waals surface area (Å²) in [4.78, 5) is 22.0. The normalized spacial score (nSPS) is 11.1. The van der Waals surface area contributed by atoms with Crippen molar-refractivity contribution in [2.45, 2.75) is 0 Å². The number of aromatic nitrogens is 1. The number of carbonyl (C=O) groups is 2. The Morgan fingerprint density at radius 1 is 1.24 bits per heavy atom. The summed E-state index contributed by atoms with van der Waals surface area (Å²) in [5.74, 6) is -1.53. The topological polar surface area (TPSA) is 59.3 Å². The van der Waals surface area contributed by atoms with Crippen LogP contribution >= 0.6 is 15.9 Å². The lowest BCUT2D eigenvalue weighted by Crippen LogP contribution is -2.06. The van der Waals surface area contributed by atoms with Gasteiger partial charge in [0.2, 0.25) is 0 Å². The number of carboxylic acids is 1. The molecule has 4 nitrogen and oxygen atoms in total. The Morgan fingerprint density at radius 2 is 2.00 bits per heavy atom. The molecule has 2 aromatic rings. The average molecular weight is 294 g/mol. The molecular formula is C12H8BrNO3. The second-order valence-corrected chi connectivity index (χ2v) is 4.31. The van der Waals surface area contributed by atoms with Gasteiger partial charge in [0.1, 0.15) is 0 Å². The summed E-state index contributed by atoms with van der Waals surface area (Å²) in [5, 5.41) is 9.37. The maximum Gasteiger partial charge on any atom is 0.328 e. The molecule has 1 N–H and O–H groups in total. The van der Waals surface area contributed by atoms with Crippen molar-refractivity contribution in [3.05, 3.63) is 47.1 Å². The molecule has 0 unspecified atom stereocenters. The number of halogens is 1. The van der Waals surface area contributed by atoms with Crippen molar-refractivity contribution >= 4 is 38.7 Å². The van der Waals surface area contributed by atoms with Gasteiger partial charge in [-0.1, -0.05) is 15.9 Å². The highest BCUT2D eigenvalue weighted by atomic mass is 79.9. The first-order valence-corrected chi connectivity index (χ1v) is 5.59. The second kappa shape index (κ2) is 4.55. The Kier molecular flexibility index (Phi) is 3.10. The molecule has 86 valence electrons. The highest BCUT2D eigenvalue weighted by Gasteiger charge is 2.06. The van der Waals surface area contributed by atoms with E-state index in [4.69, 9.17) is 5.11 Å². The van der Waals surface area contributed by atoms with Gasteiger partial charge in [-0.2, -0.15) is 0 Å². The van der Waals surface area contributed by atoms with Crippen molar-refractivity contribution in [3.8, 4) is 0 Å². The molecule has 0 radical (unpaired) electrons. The minimum Gasteiger partial charge on any atom is -0.478 e. The Labute approximate surface area is 105 Å². The van der Waals surface area contributed by atoms with E-state index in [1.165, 1.54) is 4.57 Å². The van der Waals surface area contributed by atoms with Gasteiger partial charge in [-0.3, -0.25) is 9.36 Å². The van der Waals surface area contributed by atoms with Gasteiger partial charge in [0.25, 0.3) is 5.91 Å². The number of carbonyl (C=O) groups excluding carboxylic acids is 1. The highest BCUT2D eigenvalue weighted by Crippen LogP contribution is 2.20. The summed E-state index contributed by atoms with van der Waals surface area (Å²) in [6.07, 6.45) is 3.47. The van der Waals surface area contributed by atoms with Crippen molar-refractivity contribution < 1.29 is 14.7 Å². The number of allylic oxidation sites excluding steroid dienone is 1. The van der Waals surface area contributed by atoms with E-state index in [1.807, 2.05) is 12.1 Å². The average Bonchev–Trinajstić information content (AvgIpc) is 2.68. The molecule has 0 fully saturated rings.